The van der Waals surface area contributed by atoms with Crippen molar-refractivity contribution in [3.05, 3.63) is 65.7 Å². The van der Waals surface area contributed by atoms with E-state index in [0.717, 1.165) is 25.4 Å². The third-order valence-corrected chi connectivity index (χ3v) is 3.49. The number of hydrogen-bond donors (Lipinski definition) is 1. The zero-order valence-electron chi connectivity index (χ0n) is 11.5. The van der Waals surface area contributed by atoms with Gasteiger partial charge in [-0.2, -0.15) is 0 Å². The van der Waals surface area contributed by atoms with Crippen LogP contribution in [0.4, 0.5) is 0 Å². The van der Waals surface area contributed by atoms with E-state index in [9.17, 15) is 0 Å². The van der Waals surface area contributed by atoms with E-state index in [1.54, 1.807) is 0 Å². The molecule has 1 atom stereocenters. The van der Waals surface area contributed by atoms with Gasteiger partial charge in [0.25, 0.3) is 0 Å². The van der Waals surface area contributed by atoms with E-state index in [-0.39, 0.29) is 6.04 Å². The molecular formula is C17H19N2O. The fraction of sp³-hybridized carbons (Fsp3) is 0.294. The molecule has 1 radical (unpaired) electrons. The number of nitrogens with zero attached hydrogens (tertiary/aromatic N) is 1. The fourth-order valence-corrected chi connectivity index (χ4v) is 2.43. The molecule has 3 rings (SSSR count). The lowest BCUT2D eigenvalue weighted by atomic mass is 10.0. The molecule has 1 aliphatic rings. The first-order valence-corrected chi connectivity index (χ1v) is 7.06. The van der Waals surface area contributed by atoms with Crippen LogP contribution in [0.25, 0.3) is 0 Å². The van der Waals surface area contributed by atoms with Gasteiger partial charge in [0.2, 0.25) is 0 Å². The van der Waals surface area contributed by atoms with Crippen LogP contribution in [0.2, 0.25) is 0 Å². The Labute approximate surface area is 120 Å². The lowest BCUT2D eigenvalue weighted by molar-refractivity contribution is 0.295. The molecule has 0 bridgehead atoms. The Morgan fingerprint density at radius 1 is 1.05 bits per heavy atom. The summed E-state index contributed by atoms with van der Waals surface area (Å²) in [6.07, 6.45) is 0. The maximum absolute atomic E-state index is 5.99. The van der Waals surface area contributed by atoms with Crippen LogP contribution in [0.15, 0.2) is 54.6 Å². The summed E-state index contributed by atoms with van der Waals surface area (Å²) in [5.41, 5.74) is 2.36. The highest BCUT2D eigenvalue weighted by molar-refractivity contribution is 5.36. The number of para-hydroxylation sites is 1. The maximum Gasteiger partial charge on any atom is 0.124 e. The lowest BCUT2D eigenvalue weighted by Crippen LogP contribution is -2.38. The third-order valence-electron chi connectivity index (χ3n) is 3.49. The monoisotopic (exact) mass is 267 g/mol. The Balaban J connectivity index is 1.72. The molecule has 1 heterocycles. The van der Waals surface area contributed by atoms with Gasteiger partial charge in [0.05, 0.1) is 6.04 Å². The van der Waals surface area contributed by atoms with Crippen molar-refractivity contribution >= 4 is 0 Å². The quantitative estimate of drug-likeness (QED) is 0.924. The normalized spacial score (nSPS) is 18.7. The second-order valence-electron chi connectivity index (χ2n) is 4.94. The molecule has 1 fully saturated rings. The van der Waals surface area contributed by atoms with Gasteiger partial charge >= 0.3 is 0 Å². The molecule has 20 heavy (non-hydrogen) atoms. The van der Waals surface area contributed by atoms with E-state index < -0.39 is 0 Å². The predicted molar refractivity (Wildman–Crippen MR) is 79.8 cm³/mol. The minimum atomic E-state index is 0.204. The number of ether oxygens (including phenoxy) is 1. The molecule has 1 saturated heterocycles. The summed E-state index contributed by atoms with van der Waals surface area (Å²) in [6, 6.07) is 18.7. The van der Waals surface area contributed by atoms with Crippen molar-refractivity contribution in [3.63, 3.8) is 0 Å². The van der Waals surface area contributed by atoms with Gasteiger partial charge < -0.3 is 10.1 Å². The number of benzene rings is 2. The summed E-state index contributed by atoms with van der Waals surface area (Å²) in [5.74, 6) is 0.939. The average molecular weight is 267 g/mol. The van der Waals surface area contributed by atoms with Crippen molar-refractivity contribution in [3.8, 4) is 5.75 Å². The molecule has 1 aliphatic heterocycles. The molecule has 1 unspecified atom stereocenters. The molecule has 3 heteroatoms. The summed E-state index contributed by atoms with van der Waals surface area (Å²) < 4.78 is 5.99. The largest absolute Gasteiger partial charge is 0.489 e. The van der Waals surface area contributed by atoms with E-state index >= 15 is 0 Å². The van der Waals surface area contributed by atoms with E-state index in [1.807, 2.05) is 30.3 Å². The lowest BCUT2D eigenvalue weighted by Gasteiger charge is -2.25. The smallest absolute Gasteiger partial charge is 0.124 e. The van der Waals surface area contributed by atoms with Crippen LogP contribution >= 0.6 is 0 Å². The molecule has 103 valence electrons. The van der Waals surface area contributed by atoms with Crippen molar-refractivity contribution < 1.29 is 4.74 Å². The van der Waals surface area contributed by atoms with Gasteiger partial charge in [-0.25, -0.2) is 5.32 Å². The first-order valence-electron chi connectivity index (χ1n) is 7.06. The minimum absolute atomic E-state index is 0.204. The Kier molecular flexibility index (Phi) is 4.31. The molecular weight excluding hydrogens is 248 g/mol. The summed E-state index contributed by atoms with van der Waals surface area (Å²) in [5, 5.41) is 8.06. The van der Waals surface area contributed by atoms with Gasteiger partial charge in [-0.1, -0.05) is 48.5 Å². The topological polar surface area (TPSA) is 35.4 Å². The van der Waals surface area contributed by atoms with Crippen molar-refractivity contribution in [2.75, 3.05) is 19.6 Å². The first kappa shape index (κ1) is 13.2. The molecule has 0 amide bonds. The van der Waals surface area contributed by atoms with Crippen LogP contribution in [0.1, 0.15) is 17.2 Å². The van der Waals surface area contributed by atoms with E-state index in [4.69, 9.17) is 4.74 Å². The number of rotatable bonds is 4. The molecule has 0 aliphatic carbocycles. The van der Waals surface area contributed by atoms with Crippen molar-refractivity contribution in [2.45, 2.75) is 12.6 Å². The zero-order valence-corrected chi connectivity index (χ0v) is 11.5. The van der Waals surface area contributed by atoms with Crippen molar-refractivity contribution in [2.24, 2.45) is 0 Å². The first-order chi connectivity index (χ1) is 9.93. The highest BCUT2D eigenvalue weighted by Gasteiger charge is 2.19. The number of nitrogens with one attached hydrogen (secondary N) is 1. The Bertz CT molecular complexity index is 536. The van der Waals surface area contributed by atoms with Crippen molar-refractivity contribution in [1.29, 1.82) is 0 Å². The third kappa shape index (κ3) is 3.18. The molecule has 0 saturated carbocycles. The Hall–Kier alpha value is -1.84. The number of hydrogen-bond acceptors (Lipinski definition) is 2. The molecule has 2 aromatic carbocycles. The fourth-order valence-electron chi connectivity index (χ4n) is 2.43. The number of piperazine rings is 1. The Morgan fingerprint density at radius 3 is 2.65 bits per heavy atom. The Morgan fingerprint density at radius 2 is 1.85 bits per heavy atom. The van der Waals surface area contributed by atoms with Gasteiger partial charge in [-0.3, -0.25) is 0 Å². The van der Waals surface area contributed by atoms with Crippen LogP contribution in [-0.4, -0.2) is 19.6 Å². The maximum atomic E-state index is 5.99. The zero-order chi connectivity index (χ0) is 13.6. The van der Waals surface area contributed by atoms with Crippen LogP contribution in [-0.2, 0) is 6.61 Å². The second-order valence-corrected chi connectivity index (χ2v) is 4.94. The summed E-state index contributed by atoms with van der Waals surface area (Å²) in [7, 11) is 0. The minimum Gasteiger partial charge on any atom is -0.489 e. The van der Waals surface area contributed by atoms with E-state index in [1.165, 1.54) is 11.1 Å². The van der Waals surface area contributed by atoms with Gasteiger partial charge in [0, 0.05) is 25.2 Å². The predicted octanol–water partition coefficient (Wildman–Crippen LogP) is 2.51. The standard InChI is InChI=1S/C17H19N2O/c1-2-6-14(7-3-1)13-20-17-9-5-4-8-15(17)16-12-18-10-11-19-16/h1-9,16,18H,10-13H2. The van der Waals surface area contributed by atoms with Crippen LogP contribution in [0, 0.1) is 0 Å². The average Bonchev–Trinajstić information content (AvgIpc) is 2.55. The van der Waals surface area contributed by atoms with Gasteiger partial charge in [-0.15, -0.1) is 0 Å². The highest BCUT2D eigenvalue weighted by Crippen LogP contribution is 2.26. The highest BCUT2D eigenvalue weighted by atomic mass is 16.5. The van der Waals surface area contributed by atoms with E-state index in [2.05, 4.69) is 34.9 Å². The SMILES string of the molecule is c1ccc(COc2ccccc2C2CNCC[N]2)cc1. The van der Waals surface area contributed by atoms with Gasteiger partial charge in [-0.05, 0) is 11.6 Å². The molecule has 1 N–H and O–H groups in total. The summed E-state index contributed by atoms with van der Waals surface area (Å²) in [4.78, 5) is 0. The van der Waals surface area contributed by atoms with Crippen LogP contribution in [0.3, 0.4) is 0 Å². The molecule has 0 spiro atoms. The second kappa shape index (κ2) is 6.55. The molecule has 0 aromatic heterocycles. The molecule has 3 nitrogen and oxygen atoms in total. The van der Waals surface area contributed by atoms with Crippen LogP contribution < -0.4 is 15.4 Å². The van der Waals surface area contributed by atoms with E-state index in [0.29, 0.717) is 6.61 Å². The van der Waals surface area contributed by atoms with Crippen molar-refractivity contribution in [1.82, 2.24) is 10.6 Å². The molecule has 2 aromatic rings. The summed E-state index contributed by atoms with van der Waals surface area (Å²) in [6.45, 7) is 3.34. The van der Waals surface area contributed by atoms with Gasteiger partial charge in [0.1, 0.15) is 12.4 Å². The van der Waals surface area contributed by atoms with Gasteiger partial charge in [0.15, 0.2) is 0 Å². The summed E-state index contributed by atoms with van der Waals surface area (Å²) >= 11 is 0. The van der Waals surface area contributed by atoms with Crippen LogP contribution in [0.5, 0.6) is 5.75 Å².